The van der Waals surface area contributed by atoms with Gasteiger partial charge in [-0.05, 0) is 44.0 Å². The van der Waals surface area contributed by atoms with Crippen LogP contribution in [0.2, 0.25) is 0 Å². The maximum absolute atomic E-state index is 15.0. The van der Waals surface area contributed by atoms with Gasteiger partial charge in [-0.25, -0.2) is 8.91 Å². The highest BCUT2D eigenvalue weighted by Gasteiger charge is 2.28. The molecule has 0 aliphatic carbocycles. The molecule has 0 bridgehead atoms. The number of aliphatic hydroxyl groups is 1. The van der Waals surface area contributed by atoms with E-state index in [0.29, 0.717) is 52.8 Å². The molecule has 30 heavy (non-hydrogen) atoms. The van der Waals surface area contributed by atoms with Gasteiger partial charge >= 0.3 is 0 Å². The van der Waals surface area contributed by atoms with Crippen LogP contribution in [0.5, 0.6) is 11.5 Å². The number of hydrogen-bond acceptors (Lipinski definition) is 4. The molecule has 3 aromatic heterocycles. The third kappa shape index (κ3) is 2.91. The number of nitrogens with one attached hydrogen (secondary N) is 1. The summed E-state index contributed by atoms with van der Waals surface area (Å²) < 4.78 is 22.5. The summed E-state index contributed by atoms with van der Waals surface area (Å²) in [5, 5.41) is 14.5. The fraction of sp³-hybridized carbons (Fsp3) is 0.273. The highest BCUT2D eigenvalue weighted by Crippen LogP contribution is 2.34. The number of likely N-dealkylation sites (tertiary alicyclic amines) is 1. The van der Waals surface area contributed by atoms with Gasteiger partial charge in [-0.3, -0.25) is 4.79 Å². The number of fused-ring (bicyclic) bond motifs is 2. The molecule has 4 heterocycles. The molecule has 0 saturated carbocycles. The van der Waals surface area contributed by atoms with E-state index in [0.717, 1.165) is 5.69 Å². The van der Waals surface area contributed by atoms with Crippen LogP contribution in [0.1, 0.15) is 28.0 Å². The second kappa shape index (κ2) is 6.84. The molecule has 5 rings (SSSR count). The van der Waals surface area contributed by atoms with Crippen LogP contribution in [0.25, 0.3) is 16.4 Å². The quantitative estimate of drug-likeness (QED) is 0.543. The van der Waals surface area contributed by atoms with Crippen molar-refractivity contribution in [3.63, 3.8) is 0 Å². The first-order chi connectivity index (χ1) is 14.4. The molecule has 1 fully saturated rings. The number of β-amino-alcohol motifs (C(OH)–C–C–N with tert-alkyl or cyclic N) is 1. The number of carbonyl (C=O) groups is 1. The topological polar surface area (TPSA) is 82.9 Å². The predicted octanol–water partition coefficient (Wildman–Crippen LogP) is 3.57. The van der Waals surface area contributed by atoms with Gasteiger partial charge in [0.15, 0.2) is 17.3 Å². The average Bonchev–Trinajstić information content (AvgIpc) is 3.41. The van der Waals surface area contributed by atoms with Crippen molar-refractivity contribution in [2.24, 2.45) is 0 Å². The van der Waals surface area contributed by atoms with E-state index >= 15 is 0 Å². The molecule has 1 aliphatic rings. The van der Waals surface area contributed by atoms with E-state index in [4.69, 9.17) is 4.74 Å². The standard InChI is InChI=1S/C22H21FN4O3/c1-12-9-15-17(25-12)3-4-18(20(15)23)30-19-5-7-24-27-11-16(13(2)21(19)27)22(29)26-8-6-14(28)10-26/h3-5,7,9,11,14,25,28H,6,8,10H2,1-2H3. The summed E-state index contributed by atoms with van der Waals surface area (Å²) >= 11 is 0. The Bertz CT molecular complexity index is 1290. The number of aromatic amines is 1. The minimum Gasteiger partial charge on any atom is -0.452 e. The van der Waals surface area contributed by atoms with Gasteiger partial charge in [-0.1, -0.05) is 0 Å². The first-order valence-corrected chi connectivity index (χ1v) is 9.82. The zero-order chi connectivity index (χ0) is 21.0. The van der Waals surface area contributed by atoms with Crippen molar-refractivity contribution in [1.29, 1.82) is 0 Å². The van der Waals surface area contributed by atoms with E-state index in [1.807, 2.05) is 13.8 Å². The van der Waals surface area contributed by atoms with E-state index in [1.54, 1.807) is 46.1 Å². The van der Waals surface area contributed by atoms with E-state index in [2.05, 4.69) is 10.1 Å². The summed E-state index contributed by atoms with van der Waals surface area (Å²) in [6, 6.07) is 6.75. The van der Waals surface area contributed by atoms with Crippen LogP contribution >= 0.6 is 0 Å². The first-order valence-electron chi connectivity index (χ1n) is 9.82. The number of nitrogens with zero attached hydrogens (tertiary/aromatic N) is 3. The lowest BCUT2D eigenvalue weighted by atomic mass is 10.1. The van der Waals surface area contributed by atoms with Crippen LogP contribution in [0.15, 0.2) is 36.7 Å². The van der Waals surface area contributed by atoms with E-state index < -0.39 is 11.9 Å². The zero-order valence-corrected chi connectivity index (χ0v) is 16.6. The molecule has 0 radical (unpaired) electrons. The fourth-order valence-corrected chi connectivity index (χ4v) is 4.10. The van der Waals surface area contributed by atoms with Crippen molar-refractivity contribution in [3.05, 3.63) is 59.3 Å². The Kier molecular flexibility index (Phi) is 4.25. The molecule has 7 nitrogen and oxygen atoms in total. The third-order valence-electron chi connectivity index (χ3n) is 5.63. The summed E-state index contributed by atoms with van der Waals surface area (Å²) in [7, 11) is 0. The molecule has 1 atom stereocenters. The second-order valence-corrected chi connectivity index (χ2v) is 7.74. The number of halogens is 1. The van der Waals surface area contributed by atoms with E-state index in [-0.39, 0.29) is 11.7 Å². The first kappa shape index (κ1) is 18.6. The molecule has 1 aliphatic heterocycles. The Hall–Kier alpha value is -3.39. The molecule has 1 amide bonds. The largest absolute Gasteiger partial charge is 0.452 e. The molecular formula is C22H21FN4O3. The van der Waals surface area contributed by atoms with Crippen LogP contribution in [-0.4, -0.2) is 49.7 Å². The number of rotatable bonds is 3. The Morgan fingerprint density at radius 3 is 2.90 bits per heavy atom. The van der Waals surface area contributed by atoms with Gasteiger partial charge in [0.25, 0.3) is 5.91 Å². The number of aliphatic hydroxyl groups excluding tert-OH is 1. The second-order valence-electron chi connectivity index (χ2n) is 7.74. The number of carbonyl (C=O) groups excluding carboxylic acids is 1. The maximum atomic E-state index is 15.0. The molecule has 1 saturated heterocycles. The number of hydrogen-bond donors (Lipinski definition) is 2. The van der Waals surface area contributed by atoms with Crippen LogP contribution in [-0.2, 0) is 0 Å². The van der Waals surface area contributed by atoms with Crippen LogP contribution < -0.4 is 4.74 Å². The predicted molar refractivity (Wildman–Crippen MR) is 110 cm³/mol. The smallest absolute Gasteiger partial charge is 0.255 e. The van der Waals surface area contributed by atoms with Crippen molar-refractivity contribution in [2.45, 2.75) is 26.4 Å². The van der Waals surface area contributed by atoms with Crippen molar-refractivity contribution in [1.82, 2.24) is 19.5 Å². The normalized spacial score (nSPS) is 16.7. The molecule has 154 valence electrons. The maximum Gasteiger partial charge on any atom is 0.255 e. The number of benzene rings is 1. The van der Waals surface area contributed by atoms with Gasteiger partial charge < -0.3 is 19.7 Å². The van der Waals surface area contributed by atoms with Gasteiger partial charge in [0, 0.05) is 41.9 Å². The molecule has 1 aromatic carbocycles. The summed E-state index contributed by atoms with van der Waals surface area (Å²) in [6.45, 7) is 4.53. The summed E-state index contributed by atoms with van der Waals surface area (Å²) in [6.07, 6.45) is 3.29. The highest BCUT2D eigenvalue weighted by atomic mass is 19.1. The lowest BCUT2D eigenvalue weighted by Crippen LogP contribution is -2.29. The van der Waals surface area contributed by atoms with Crippen LogP contribution in [0.4, 0.5) is 4.39 Å². The Labute approximate surface area is 171 Å². The minimum absolute atomic E-state index is 0.103. The zero-order valence-electron chi connectivity index (χ0n) is 16.6. The average molecular weight is 408 g/mol. The van der Waals surface area contributed by atoms with Crippen molar-refractivity contribution in [3.8, 4) is 11.5 Å². The van der Waals surface area contributed by atoms with Crippen molar-refractivity contribution >= 4 is 22.3 Å². The molecule has 1 unspecified atom stereocenters. The van der Waals surface area contributed by atoms with Gasteiger partial charge in [-0.2, -0.15) is 5.10 Å². The number of H-pyrrole nitrogens is 1. The number of aryl methyl sites for hydroxylation is 2. The molecule has 4 aromatic rings. The highest BCUT2D eigenvalue weighted by molar-refractivity contribution is 5.98. The van der Waals surface area contributed by atoms with Crippen LogP contribution in [0, 0.1) is 19.7 Å². The van der Waals surface area contributed by atoms with E-state index in [1.165, 1.54) is 0 Å². The molecule has 2 N–H and O–H groups in total. The fourth-order valence-electron chi connectivity index (χ4n) is 4.10. The minimum atomic E-state index is -0.488. The van der Waals surface area contributed by atoms with Gasteiger partial charge in [0.1, 0.15) is 5.52 Å². The van der Waals surface area contributed by atoms with Crippen molar-refractivity contribution in [2.75, 3.05) is 13.1 Å². The Balaban J connectivity index is 1.55. The van der Waals surface area contributed by atoms with Gasteiger partial charge in [0.2, 0.25) is 0 Å². The molecular weight excluding hydrogens is 387 g/mol. The van der Waals surface area contributed by atoms with Crippen LogP contribution in [0.3, 0.4) is 0 Å². The van der Waals surface area contributed by atoms with Gasteiger partial charge in [-0.15, -0.1) is 0 Å². The summed E-state index contributed by atoms with van der Waals surface area (Å²) in [4.78, 5) is 17.7. The Morgan fingerprint density at radius 1 is 1.30 bits per heavy atom. The monoisotopic (exact) mass is 408 g/mol. The number of amides is 1. The number of ether oxygens (including phenoxy) is 1. The summed E-state index contributed by atoms with van der Waals surface area (Å²) in [5.74, 6) is -0.0893. The third-order valence-corrected chi connectivity index (χ3v) is 5.63. The van der Waals surface area contributed by atoms with Crippen molar-refractivity contribution < 1.29 is 19.0 Å². The molecule has 0 spiro atoms. The van der Waals surface area contributed by atoms with Gasteiger partial charge in [0.05, 0.1) is 17.9 Å². The Morgan fingerprint density at radius 2 is 2.13 bits per heavy atom. The number of aromatic nitrogens is 3. The molecule has 8 heteroatoms. The lowest BCUT2D eigenvalue weighted by molar-refractivity contribution is 0.0764. The van der Waals surface area contributed by atoms with E-state index in [9.17, 15) is 14.3 Å². The summed E-state index contributed by atoms with van der Waals surface area (Å²) in [5.41, 5.74) is 3.36. The lowest BCUT2D eigenvalue weighted by Gasteiger charge is -2.15. The SMILES string of the molecule is Cc1cc2c(F)c(Oc3ccnn4cc(C(=O)N5CCC(O)C5)c(C)c34)ccc2[nH]1.